The number of fused-ring (bicyclic) bond motifs is 1. The first kappa shape index (κ1) is 31.6. The number of halogens is 2. The number of piperazine rings is 1. The maximum absolute atomic E-state index is 15.0. The average Bonchev–Trinajstić information content (AvgIpc) is 3.83. The van der Waals surface area contributed by atoms with Crippen molar-refractivity contribution in [2.24, 2.45) is 0 Å². The molecule has 4 aromatic rings. The van der Waals surface area contributed by atoms with Crippen LogP contribution in [0.4, 0.5) is 10.2 Å². The fourth-order valence-electron chi connectivity index (χ4n) is 6.01. The predicted octanol–water partition coefficient (Wildman–Crippen LogP) is 4.43. The zero-order valence-electron chi connectivity index (χ0n) is 26.2. The smallest absolute Gasteiger partial charge is 0.355 e. The van der Waals surface area contributed by atoms with Gasteiger partial charge in [-0.3, -0.25) is 9.78 Å². The summed E-state index contributed by atoms with van der Waals surface area (Å²) in [6.07, 6.45) is -0.0524. The van der Waals surface area contributed by atoms with Crippen LogP contribution in [0.25, 0.3) is 28.0 Å². The first-order chi connectivity index (χ1) is 22.0. The summed E-state index contributed by atoms with van der Waals surface area (Å²) < 4.78 is 26.8. The van der Waals surface area contributed by atoms with Crippen LogP contribution < -0.4 is 10.6 Å². The van der Waals surface area contributed by atoms with E-state index in [-0.39, 0.29) is 46.4 Å². The van der Waals surface area contributed by atoms with Crippen molar-refractivity contribution < 1.29 is 23.5 Å². The van der Waals surface area contributed by atoms with Gasteiger partial charge in [0.25, 0.3) is 5.91 Å². The minimum absolute atomic E-state index is 0.0284. The van der Waals surface area contributed by atoms with Crippen molar-refractivity contribution in [3.8, 4) is 16.9 Å². The van der Waals surface area contributed by atoms with Crippen molar-refractivity contribution >= 4 is 40.3 Å². The molecule has 5 heterocycles. The first-order valence-corrected chi connectivity index (χ1v) is 15.6. The number of epoxide rings is 1. The summed E-state index contributed by atoms with van der Waals surface area (Å²) in [4.78, 5) is 56.8. The number of amides is 1. The summed E-state index contributed by atoms with van der Waals surface area (Å²) in [5.74, 6) is -1.01. The second-order valence-electron chi connectivity index (χ2n) is 11.8. The summed E-state index contributed by atoms with van der Waals surface area (Å²) in [6, 6.07) is 9.39. The van der Waals surface area contributed by atoms with Gasteiger partial charge in [-0.1, -0.05) is 37.6 Å². The SMILES string of the molecule is CCOC(=O)C1OC1C(=O)N1CCN(c2nc(=O)n(-c3c(C)ccnc3C(C)C)c3nc(-c4ccccc4F)c(Cl)cc23)[C@@H](C)C1. The summed E-state index contributed by atoms with van der Waals surface area (Å²) in [5, 5.41) is 0.678. The van der Waals surface area contributed by atoms with Gasteiger partial charge in [-0.05, 0) is 56.5 Å². The molecule has 11 nitrogen and oxygen atoms in total. The van der Waals surface area contributed by atoms with Gasteiger partial charge in [0.05, 0.1) is 34.1 Å². The molecule has 2 saturated heterocycles. The van der Waals surface area contributed by atoms with Crippen LogP contribution in [0.2, 0.25) is 5.02 Å². The second-order valence-corrected chi connectivity index (χ2v) is 12.2. The topological polar surface area (TPSA) is 123 Å². The quantitative estimate of drug-likeness (QED) is 0.211. The van der Waals surface area contributed by atoms with Crippen LogP contribution in [0.15, 0.2) is 47.4 Å². The number of ether oxygens (including phenoxy) is 2. The Kier molecular flexibility index (Phi) is 8.51. The number of esters is 1. The number of pyridine rings is 2. The molecule has 2 aliphatic rings. The Labute approximate surface area is 269 Å². The molecule has 0 N–H and O–H groups in total. The Hall–Kier alpha value is -4.42. The minimum atomic E-state index is -0.887. The number of anilines is 1. The summed E-state index contributed by atoms with van der Waals surface area (Å²) in [7, 11) is 0. The van der Waals surface area contributed by atoms with Crippen LogP contribution in [-0.2, 0) is 19.1 Å². The number of hydrogen-bond donors (Lipinski definition) is 0. The van der Waals surface area contributed by atoms with E-state index in [4.69, 9.17) is 26.1 Å². The molecule has 46 heavy (non-hydrogen) atoms. The lowest BCUT2D eigenvalue weighted by Gasteiger charge is -2.40. The van der Waals surface area contributed by atoms with E-state index >= 15 is 4.39 Å². The van der Waals surface area contributed by atoms with Crippen molar-refractivity contribution in [1.82, 2.24) is 24.4 Å². The molecular formula is C33H34ClFN6O5. The normalized spacial score (nSPS) is 19.5. The number of nitrogens with zero attached hydrogens (tertiary/aromatic N) is 6. The lowest BCUT2D eigenvalue weighted by molar-refractivity contribution is -0.144. The van der Waals surface area contributed by atoms with Crippen molar-refractivity contribution in [2.75, 3.05) is 31.1 Å². The van der Waals surface area contributed by atoms with E-state index in [1.807, 2.05) is 38.7 Å². The zero-order valence-corrected chi connectivity index (χ0v) is 26.9. The number of carbonyl (C=O) groups excluding carboxylic acids is 2. The number of benzene rings is 1. The number of carbonyl (C=O) groups is 2. The molecule has 1 aromatic carbocycles. The highest BCUT2D eigenvalue weighted by atomic mass is 35.5. The van der Waals surface area contributed by atoms with E-state index in [0.717, 1.165) is 5.56 Å². The van der Waals surface area contributed by atoms with Gasteiger partial charge in [-0.2, -0.15) is 4.98 Å². The largest absolute Gasteiger partial charge is 0.464 e. The maximum atomic E-state index is 15.0. The van der Waals surface area contributed by atoms with Gasteiger partial charge in [0.2, 0.25) is 0 Å². The average molecular weight is 649 g/mol. The van der Waals surface area contributed by atoms with Crippen LogP contribution in [-0.4, -0.2) is 80.8 Å². The molecule has 0 aliphatic carbocycles. The Morgan fingerprint density at radius 1 is 1.15 bits per heavy atom. The van der Waals surface area contributed by atoms with Crippen LogP contribution in [0, 0.1) is 12.7 Å². The Bertz CT molecular complexity index is 1920. The number of aromatic nitrogens is 4. The monoisotopic (exact) mass is 648 g/mol. The van der Waals surface area contributed by atoms with Crippen LogP contribution in [0.5, 0.6) is 0 Å². The Morgan fingerprint density at radius 2 is 1.91 bits per heavy atom. The lowest BCUT2D eigenvalue weighted by atomic mass is 10.0. The van der Waals surface area contributed by atoms with Crippen molar-refractivity contribution in [3.63, 3.8) is 0 Å². The molecule has 13 heteroatoms. The van der Waals surface area contributed by atoms with Crippen molar-refractivity contribution in [3.05, 3.63) is 75.2 Å². The molecule has 3 aromatic heterocycles. The van der Waals surface area contributed by atoms with Gasteiger partial charge in [-0.25, -0.2) is 23.5 Å². The molecule has 2 fully saturated rings. The summed E-state index contributed by atoms with van der Waals surface area (Å²) in [6.45, 7) is 10.6. The third kappa shape index (κ3) is 5.60. The molecular weight excluding hydrogens is 615 g/mol. The number of aryl methyl sites for hydroxylation is 1. The van der Waals surface area contributed by atoms with E-state index in [9.17, 15) is 14.4 Å². The van der Waals surface area contributed by atoms with Gasteiger partial charge < -0.3 is 19.3 Å². The van der Waals surface area contributed by atoms with Gasteiger partial charge in [0.1, 0.15) is 11.6 Å². The second kappa shape index (κ2) is 12.4. The third-order valence-electron chi connectivity index (χ3n) is 8.32. The molecule has 0 saturated carbocycles. The Balaban J connectivity index is 1.45. The first-order valence-electron chi connectivity index (χ1n) is 15.2. The van der Waals surface area contributed by atoms with Crippen LogP contribution in [0.1, 0.15) is 44.9 Å². The van der Waals surface area contributed by atoms with E-state index in [0.29, 0.717) is 42.2 Å². The minimum Gasteiger partial charge on any atom is -0.464 e. The highest BCUT2D eigenvalue weighted by molar-refractivity contribution is 6.33. The van der Waals surface area contributed by atoms with E-state index < -0.39 is 29.7 Å². The van der Waals surface area contributed by atoms with E-state index in [1.165, 1.54) is 10.6 Å². The fourth-order valence-corrected chi connectivity index (χ4v) is 6.26. The van der Waals surface area contributed by atoms with Gasteiger partial charge in [0, 0.05) is 37.4 Å². The Morgan fingerprint density at radius 3 is 2.61 bits per heavy atom. The predicted molar refractivity (Wildman–Crippen MR) is 171 cm³/mol. The third-order valence-corrected chi connectivity index (χ3v) is 8.61. The van der Waals surface area contributed by atoms with Crippen LogP contribution in [0.3, 0.4) is 0 Å². The van der Waals surface area contributed by atoms with E-state index in [2.05, 4.69) is 9.97 Å². The lowest BCUT2D eigenvalue weighted by Crippen LogP contribution is -2.55. The molecule has 0 bridgehead atoms. The van der Waals surface area contributed by atoms with Gasteiger partial charge in [0.15, 0.2) is 17.9 Å². The van der Waals surface area contributed by atoms with Crippen LogP contribution >= 0.6 is 11.6 Å². The molecule has 1 amide bonds. The number of hydrogen-bond acceptors (Lipinski definition) is 9. The van der Waals surface area contributed by atoms with Gasteiger partial charge in [-0.15, -0.1) is 0 Å². The van der Waals surface area contributed by atoms with E-state index in [1.54, 1.807) is 42.3 Å². The highest BCUT2D eigenvalue weighted by Crippen LogP contribution is 2.36. The molecule has 0 radical (unpaired) electrons. The molecule has 0 spiro atoms. The van der Waals surface area contributed by atoms with Crippen molar-refractivity contribution in [1.29, 1.82) is 0 Å². The molecule has 2 unspecified atom stereocenters. The van der Waals surface area contributed by atoms with Crippen molar-refractivity contribution in [2.45, 2.75) is 58.8 Å². The summed E-state index contributed by atoms with van der Waals surface area (Å²) >= 11 is 6.80. The molecule has 240 valence electrons. The zero-order chi connectivity index (χ0) is 32.9. The summed E-state index contributed by atoms with van der Waals surface area (Å²) in [5.41, 5.74) is 2.10. The maximum Gasteiger partial charge on any atom is 0.355 e. The van der Waals surface area contributed by atoms with Gasteiger partial charge >= 0.3 is 11.7 Å². The standard InChI is InChI=1S/C33H34ClFN6O5/c1-6-45-32(43)28-27(46-28)31(42)39-13-14-40(19(5)16-39)29-21-15-22(34)25(20-9-7-8-10-23(20)35)37-30(21)41(33(44)38-29)26-18(4)11-12-36-24(26)17(2)3/h7-12,15,17,19,27-28H,6,13-14,16H2,1-5H3/t19-,27?,28?/m0/s1. The fraction of sp³-hybridized carbons (Fsp3) is 0.394. The molecule has 6 rings (SSSR count). The number of rotatable bonds is 7. The highest BCUT2D eigenvalue weighted by Gasteiger charge is 2.53. The molecule has 3 atom stereocenters. The molecule has 2 aliphatic heterocycles.